The molecule has 3 heterocycles. The van der Waals surface area contributed by atoms with Crippen LogP contribution in [0.5, 0.6) is 0 Å². The third-order valence-electron chi connectivity index (χ3n) is 5.18. The molecule has 1 amide bonds. The molecule has 5 heteroatoms. The molecule has 134 valence electrons. The number of H-pyrrole nitrogens is 1. The molecule has 1 saturated heterocycles. The zero-order chi connectivity index (χ0) is 17.9. The molecule has 0 radical (unpaired) electrons. The summed E-state index contributed by atoms with van der Waals surface area (Å²) < 4.78 is 0. The standard InChI is InChI=1S/C21H24N4O/c1-15-6-8-22-12-19(15)21(26)23-11-16-7-9-25(13-16)14-18-10-17-4-2-3-5-20(17)24-18/h2-6,8,10,12,16,24H,7,9,11,13-14H2,1H3,(H,23,26)/t16-/m0/s1. The number of likely N-dealkylation sites (tertiary alicyclic amines) is 1. The second-order valence-electron chi connectivity index (χ2n) is 7.17. The van der Waals surface area contributed by atoms with Crippen molar-refractivity contribution in [3.63, 3.8) is 0 Å². The number of nitrogens with zero attached hydrogens (tertiary/aromatic N) is 2. The normalized spacial score (nSPS) is 17.7. The van der Waals surface area contributed by atoms with Crippen molar-refractivity contribution < 1.29 is 4.79 Å². The number of pyridine rings is 1. The van der Waals surface area contributed by atoms with E-state index >= 15 is 0 Å². The van der Waals surface area contributed by atoms with Gasteiger partial charge >= 0.3 is 0 Å². The Labute approximate surface area is 153 Å². The molecule has 1 fully saturated rings. The van der Waals surface area contributed by atoms with Crippen molar-refractivity contribution in [3.8, 4) is 0 Å². The molecule has 2 N–H and O–H groups in total. The van der Waals surface area contributed by atoms with E-state index in [9.17, 15) is 4.79 Å². The summed E-state index contributed by atoms with van der Waals surface area (Å²) in [6.07, 6.45) is 4.47. The van der Waals surface area contributed by atoms with Crippen molar-refractivity contribution in [1.82, 2.24) is 20.2 Å². The van der Waals surface area contributed by atoms with Crippen LogP contribution in [0.25, 0.3) is 10.9 Å². The molecule has 3 aromatic rings. The number of aryl methyl sites for hydroxylation is 1. The van der Waals surface area contributed by atoms with Gasteiger partial charge in [-0.15, -0.1) is 0 Å². The van der Waals surface area contributed by atoms with Crippen molar-refractivity contribution in [2.45, 2.75) is 19.9 Å². The lowest BCUT2D eigenvalue weighted by atomic mass is 10.1. The largest absolute Gasteiger partial charge is 0.357 e. The number of hydrogen-bond donors (Lipinski definition) is 2. The maximum absolute atomic E-state index is 12.3. The third kappa shape index (κ3) is 3.63. The number of carbonyl (C=O) groups is 1. The molecule has 5 nitrogen and oxygen atoms in total. The van der Waals surface area contributed by atoms with Crippen LogP contribution in [0.3, 0.4) is 0 Å². The minimum Gasteiger partial charge on any atom is -0.357 e. The van der Waals surface area contributed by atoms with Crippen LogP contribution in [-0.4, -0.2) is 40.4 Å². The van der Waals surface area contributed by atoms with Gasteiger partial charge in [-0.05, 0) is 55.0 Å². The van der Waals surface area contributed by atoms with Gasteiger partial charge in [0.05, 0.1) is 5.56 Å². The summed E-state index contributed by atoms with van der Waals surface area (Å²) in [5.41, 5.74) is 4.07. The van der Waals surface area contributed by atoms with Crippen LogP contribution in [-0.2, 0) is 6.54 Å². The van der Waals surface area contributed by atoms with Gasteiger partial charge in [-0.25, -0.2) is 0 Å². The average molecular weight is 348 g/mol. The van der Waals surface area contributed by atoms with E-state index in [1.165, 1.54) is 16.6 Å². The Kier molecular flexibility index (Phi) is 4.71. The number of aromatic nitrogens is 2. The first-order valence-electron chi connectivity index (χ1n) is 9.17. The molecular weight excluding hydrogens is 324 g/mol. The summed E-state index contributed by atoms with van der Waals surface area (Å²) in [5.74, 6) is 0.477. The molecule has 0 saturated carbocycles. The van der Waals surface area contributed by atoms with Crippen LogP contribution >= 0.6 is 0 Å². The highest BCUT2D eigenvalue weighted by atomic mass is 16.1. The lowest BCUT2D eigenvalue weighted by Crippen LogP contribution is -2.31. The number of carbonyl (C=O) groups excluding carboxylic acids is 1. The number of hydrogen-bond acceptors (Lipinski definition) is 3. The van der Waals surface area contributed by atoms with Crippen molar-refractivity contribution >= 4 is 16.8 Å². The Bertz CT molecular complexity index is 884. The molecule has 1 aromatic carbocycles. The minimum absolute atomic E-state index is 0.0235. The lowest BCUT2D eigenvalue weighted by Gasteiger charge is -2.15. The van der Waals surface area contributed by atoms with Crippen LogP contribution in [0.1, 0.15) is 28.0 Å². The minimum atomic E-state index is -0.0235. The Morgan fingerprint density at radius 2 is 2.23 bits per heavy atom. The van der Waals surface area contributed by atoms with E-state index < -0.39 is 0 Å². The number of para-hydroxylation sites is 1. The van der Waals surface area contributed by atoms with Gasteiger partial charge in [0.15, 0.2) is 0 Å². The topological polar surface area (TPSA) is 61.0 Å². The second-order valence-corrected chi connectivity index (χ2v) is 7.17. The predicted molar refractivity (Wildman–Crippen MR) is 103 cm³/mol. The molecule has 0 unspecified atom stereocenters. The maximum atomic E-state index is 12.3. The Morgan fingerprint density at radius 3 is 3.08 bits per heavy atom. The Balaban J connectivity index is 1.30. The molecule has 0 bridgehead atoms. The quantitative estimate of drug-likeness (QED) is 0.745. The van der Waals surface area contributed by atoms with Crippen LogP contribution in [0.15, 0.2) is 48.8 Å². The first-order chi connectivity index (χ1) is 12.7. The summed E-state index contributed by atoms with van der Waals surface area (Å²) >= 11 is 0. The lowest BCUT2D eigenvalue weighted by molar-refractivity contribution is 0.0946. The SMILES string of the molecule is Cc1ccncc1C(=O)NC[C@@H]1CCN(Cc2cc3ccccc3[nH]2)C1. The van der Waals surface area contributed by atoms with Gasteiger partial charge in [0.1, 0.15) is 0 Å². The number of benzene rings is 1. The van der Waals surface area contributed by atoms with Gasteiger partial charge in [-0.1, -0.05) is 18.2 Å². The van der Waals surface area contributed by atoms with Crippen LogP contribution in [0, 0.1) is 12.8 Å². The van der Waals surface area contributed by atoms with E-state index in [-0.39, 0.29) is 5.91 Å². The smallest absolute Gasteiger partial charge is 0.253 e. The Hall–Kier alpha value is -2.66. The van der Waals surface area contributed by atoms with Crippen molar-refractivity contribution in [2.24, 2.45) is 5.92 Å². The number of nitrogens with one attached hydrogen (secondary N) is 2. The van der Waals surface area contributed by atoms with Gasteiger partial charge in [-0.2, -0.15) is 0 Å². The Morgan fingerprint density at radius 1 is 1.35 bits per heavy atom. The number of rotatable bonds is 5. The maximum Gasteiger partial charge on any atom is 0.253 e. The van der Waals surface area contributed by atoms with E-state index in [0.717, 1.165) is 38.2 Å². The second kappa shape index (κ2) is 7.30. The van der Waals surface area contributed by atoms with Gasteiger partial charge < -0.3 is 10.3 Å². The molecule has 4 rings (SSSR count). The number of amides is 1. The molecule has 1 atom stereocenters. The highest BCUT2D eigenvalue weighted by molar-refractivity contribution is 5.95. The predicted octanol–water partition coefficient (Wildman–Crippen LogP) is 3.12. The fourth-order valence-corrected chi connectivity index (χ4v) is 3.72. The summed E-state index contributed by atoms with van der Waals surface area (Å²) in [5, 5.41) is 4.34. The number of fused-ring (bicyclic) bond motifs is 1. The monoisotopic (exact) mass is 348 g/mol. The van der Waals surface area contributed by atoms with E-state index in [1.807, 2.05) is 13.0 Å². The fourth-order valence-electron chi connectivity index (χ4n) is 3.72. The van der Waals surface area contributed by atoms with E-state index in [0.29, 0.717) is 11.5 Å². The molecule has 2 aromatic heterocycles. The first-order valence-corrected chi connectivity index (χ1v) is 9.17. The summed E-state index contributed by atoms with van der Waals surface area (Å²) in [6.45, 7) is 5.68. The van der Waals surface area contributed by atoms with Gasteiger partial charge in [0.2, 0.25) is 0 Å². The van der Waals surface area contributed by atoms with Crippen LogP contribution < -0.4 is 5.32 Å². The summed E-state index contributed by atoms with van der Waals surface area (Å²) in [6, 6.07) is 12.5. The zero-order valence-electron chi connectivity index (χ0n) is 15.0. The van der Waals surface area contributed by atoms with Crippen LogP contribution in [0.2, 0.25) is 0 Å². The zero-order valence-corrected chi connectivity index (χ0v) is 15.0. The van der Waals surface area contributed by atoms with Crippen molar-refractivity contribution in [3.05, 3.63) is 65.6 Å². The molecule has 26 heavy (non-hydrogen) atoms. The molecule has 1 aliphatic heterocycles. The van der Waals surface area contributed by atoms with Gasteiger partial charge in [0.25, 0.3) is 5.91 Å². The molecular formula is C21H24N4O. The van der Waals surface area contributed by atoms with Crippen molar-refractivity contribution in [2.75, 3.05) is 19.6 Å². The third-order valence-corrected chi connectivity index (χ3v) is 5.18. The van der Waals surface area contributed by atoms with Gasteiger partial charge in [-0.3, -0.25) is 14.7 Å². The molecule has 0 spiro atoms. The van der Waals surface area contributed by atoms with Gasteiger partial charge in [0, 0.05) is 43.2 Å². The molecule has 1 aliphatic rings. The summed E-state index contributed by atoms with van der Waals surface area (Å²) in [7, 11) is 0. The fraction of sp³-hybridized carbons (Fsp3) is 0.333. The van der Waals surface area contributed by atoms with E-state index in [1.54, 1.807) is 12.4 Å². The highest BCUT2D eigenvalue weighted by Gasteiger charge is 2.23. The van der Waals surface area contributed by atoms with Crippen LogP contribution in [0.4, 0.5) is 0 Å². The van der Waals surface area contributed by atoms with E-state index in [4.69, 9.17) is 0 Å². The molecule has 0 aliphatic carbocycles. The van der Waals surface area contributed by atoms with E-state index in [2.05, 4.69) is 50.5 Å². The number of aromatic amines is 1. The average Bonchev–Trinajstić information content (AvgIpc) is 3.26. The van der Waals surface area contributed by atoms with Crippen molar-refractivity contribution in [1.29, 1.82) is 0 Å². The highest BCUT2D eigenvalue weighted by Crippen LogP contribution is 2.21. The summed E-state index contributed by atoms with van der Waals surface area (Å²) in [4.78, 5) is 22.3. The first kappa shape index (κ1) is 16.8.